The van der Waals surface area contributed by atoms with Crippen LogP contribution in [-0.2, 0) is 4.74 Å². The zero-order chi connectivity index (χ0) is 12.0. The molecule has 2 aliphatic rings. The van der Waals surface area contributed by atoms with Crippen LogP contribution < -0.4 is 5.32 Å². The molecule has 100 valence electrons. The third-order valence-electron chi connectivity index (χ3n) is 4.32. The molecule has 3 heteroatoms. The van der Waals surface area contributed by atoms with Gasteiger partial charge in [-0.3, -0.25) is 0 Å². The standard InChI is InChI=1S/C14H28N2O/c1-17-12-7-14(5-6-14)13-15-8-4-11-16-9-2-3-10-16/h15H,2-13H2,1H3. The highest BCUT2D eigenvalue weighted by molar-refractivity contribution is 4.94. The van der Waals surface area contributed by atoms with Gasteiger partial charge in [0.2, 0.25) is 0 Å². The van der Waals surface area contributed by atoms with Gasteiger partial charge in [-0.2, -0.15) is 0 Å². The van der Waals surface area contributed by atoms with Gasteiger partial charge in [0.05, 0.1) is 0 Å². The van der Waals surface area contributed by atoms with Crippen LogP contribution in [0.5, 0.6) is 0 Å². The van der Waals surface area contributed by atoms with E-state index in [9.17, 15) is 0 Å². The van der Waals surface area contributed by atoms with Crippen molar-refractivity contribution in [2.45, 2.75) is 38.5 Å². The summed E-state index contributed by atoms with van der Waals surface area (Å²) in [5.41, 5.74) is 0.601. The molecule has 0 bridgehead atoms. The van der Waals surface area contributed by atoms with Crippen molar-refractivity contribution >= 4 is 0 Å². The molecule has 2 fully saturated rings. The summed E-state index contributed by atoms with van der Waals surface area (Å²) < 4.78 is 5.18. The zero-order valence-electron chi connectivity index (χ0n) is 11.3. The van der Waals surface area contributed by atoms with Crippen LogP contribution in [0, 0.1) is 5.41 Å². The maximum Gasteiger partial charge on any atom is 0.0468 e. The minimum Gasteiger partial charge on any atom is -0.385 e. The Balaban J connectivity index is 1.45. The Hall–Kier alpha value is -0.120. The van der Waals surface area contributed by atoms with Gasteiger partial charge in [-0.25, -0.2) is 0 Å². The molecule has 0 amide bonds. The molecule has 1 aliphatic carbocycles. The van der Waals surface area contributed by atoms with Crippen LogP contribution >= 0.6 is 0 Å². The third-order valence-corrected chi connectivity index (χ3v) is 4.32. The van der Waals surface area contributed by atoms with Crippen molar-refractivity contribution in [1.29, 1.82) is 0 Å². The number of hydrogen-bond donors (Lipinski definition) is 1. The predicted octanol–water partition coefficient (Wildman–Crippen LogP) is 1.88. The highest BCUT2D eigenvalue weighted by Crippen LogP contribution is 2.48. The average molecular weight is 240 g/mol. The van der Waals surface area contributed by atoms with Gasteiger partial charge in [-0.15, -0.1) is 0 Å². The average Bonchev–Trinajstić information content (AvgIpc) is 2.91. The molecule has 2 rings (SSSR count). The molecule has 0 spiro atoms. The number of rotatable bonds is 9. The lowest BCUT2D eigenvalue weighted by Gasteiger charge is -2.17. The van der Waals surface area contributed by atoms with Crippen molar-refractivity contribution in [2.75, 3.05) is 46.4 Å². The fraction of sp³-hybridized carbons (Fsp3) is 1.00. The molecular formula is C14H28N2O. The first kappa shape index (κ1) is 13.3. The van der Waals surface area contributed by atoms with Crippen molar-refractivity contribution in [3.63, 3.8) is 0 Å². The van der Waals surface area contributed by atoms with Crippen LogP contribution in [0.4, 0.5) is 0 Å². The minimum absolute atomic E-state index is 0.601. The fourth-order valence-corrected chi connectivity index (χ4v) is 2.80. The zero-order valence-corrected chi connectivity index (χ0v) is 11.3. The van der Waals surface area contributed by atoms with E-state index >= 15 is 0 Å². The van der Waals surface area contributed by atoms with E-state index in [-0.39, 0.29) is 0 Å². The summed E-state index contributed by atoms with van der Waals surface area (Å²) in [6.45, 7) is 7.27. The molecule has 1 saturated carbocycles. The molecule has 0 atom stereocenters. The van der Waals surface area contributed by atoms with E-state index in [0.29, 0.717) is 5.41 Å². The van der Waals surface area contributed by atoms with Crippen molar-refractivity contribution in [1.82, 2.24) is 10.2 Å². The van der Waals surface area contributed by atoms with E-state index in [4.69, 9.17) is 4.74 Å². The van der Waals surface area contributed by atoms with Crippen molar-refractivity contribution in [3.8, 4) is 0 Å². The van der Waals surface area contributed by atoms with E-state index in [1.807, 2.05) is 0 Å². The lowest BCUT2D eigenvalue weighted by molar-refractivity contribution is 0.171. The van der Waals surface area contributed by atoms with Crippen molar-refractivity contribution < 1.29 is 4.74 Å². The highest BCUT2D eigenvalue weighted by atomic mass is 16.5. The van der Waals surface area contributed by atoms with Crippen LogP contribution in [0.15, 0.2) is 0 Å². The molecule has 0 radical (unpaired) electrons. The SMILES string of the molecule is COCCC1(CNCCCN2CCCC2)CC1. The lowest BCUT2D eigenvalue weighted by atomic mass is 10.0. The first-order chi connectivity index (χ1) is 8.35. The molecule has 17 heavy (non-hydrogen) atoms. The second-order valence-electron chi connectivity index (χ2n) is 5.82. The van der Waals surface area contributed by atoms with E-state index < -0.39 is 0 Å². The number of nitrogens with one attached hydrogen (secondary N) is 1. The van der Waals surface area contributed by atoms with Crippen molar-refractivity contribution in [2.24, 2.45) is 5.41 Å². The first-order valence-corrected chi connectivity index (χ1v) is 7.27. The second-order valence-corrected chi connectivity index (χ2v) is 5.82. The van der Waals surface area contributed by atoms with Gasteiger partial charge in [0.25, 0.3) is 0 Å². The molecular weight excluding hydrogens is 212 g/mol. The summed E-state index contributed by atoms with van der Waals surface area (Å²) in [7, 11) is 1.81. The van der Waals surface area contributed by atoms with Crippen LogP contribution in [0.2, 0.25) is 0 Å². The monoisotopic (exact) mass is 240 g/mol. The number of likely N-dealkylation sites (tertiary alicyclic amines) is 1. The Labute approximate surface area is 106 Å². The molecule has 1 heterocycles. The van der Waals surface area contributed by atoms with Gasteiger partial charge in [-0.1, -0.05) is 0 Å². The highest BCUT2D eigenvalue weighted by Gasteiger charge is 2.41. The Morgan fingerprint density at radius 3 is 2.65 bits per heavy atom. The van der Waals surface area contributed by atoms with E-state index in [0.717, 1.165) is 6.61 Å². The van der Waals surface area contributed by atoms with Gasteiger partial charge in [0.1, 0.15) is 0 Å². The van der Waals surface area contributed by atoms with Crippen LogP contribution in [-0.4, -0.2) is 51.3 Å². The maximum atomic E-state index is 5.18. The summed E-state index contributed by atoms with van der Waals surface area (Å²) in [5, 5.41) is 3.64. The Kier molecular flexibility index (Phi) is 5.26. The largest absolute Gasteiger partial charge is 0.385 e. The molecule has 3 nitrogen and oxygen atoms in total. The molecule has 0 unspecified atom stereocenters. The van der Waals surface area contributed by atoms with Gasteiger partial charge in [-0.05, 0) is 70.1 Å². The number of ether oxygens (including phenoxy) is 1. The van der Waals surface area contributed by atoms with E-state index in [1.165, 1.54) is 71.2 Å². The Morgan fingerprint density at radius 1 is 1.24 bits per heavy atom. The predicted molar refractivity (Wildman–Crippen MR) is 71.3 cm³/mol. The second kappa shape index (κ2) is 6.72. The minimum atomic E-state index is 0.601. The molecule has 1 N–H and O–H groups in total. The van der Waals surface area contributed by atoms with Crippen molar-refractivity contribution in [3.05, 3.63) is 0 Å². The lowest BCUT2D eigenvalue weighted by Crippen LogP contribution is -2.29. The molecule has 0 aromatic rings. The quantitative estimate of drug-likeness (QED) is 0.623. The molecule has 0 aromatic carbocycles. The maximum absolute atomic E-state index is 5.18. The fourth-order valence-electron chi connectivity index (χ4n) is 2.80. The van der Waals surface area contributed by atoms with Gasteiger partial charge < -0.3 is 15.0 Å². The molecule has 1 saturated heterocycles. The van der Waals surface area contributed by atoms with Gasteiger partial charge >= 0.3 is 0 Å². The number of methoxy groups -OCH3 is 1. The van der Waals surface area contributed by atoms with E-state index in [1.54, 1.807) is 7.11 Å². The van der Waals surface area contributed by atoms with Crippen LogP contribution in [0.25, 0.3) is 0 Å². The Morgan fingerprint density at radius 2 is 2.00 bits per heavy atom. The first-order valence-electron chi connectivity index (χ1n) is 7.27. The van der Waals surface area contributed by atoms with E-state index in [2.05, 4.69) is 10.2 Å². The normalized spacial score (nSPS) is 23.1. The molecule has 0 aromatic heterocycles. The number of nitrogens with zero attached hydrogens (tertiary/aromatic N) is 1. The van der Waals surface area contributed by atoms with Gasteiger partial charge in [0.15, 0.2) is 0 Å². The molecule has 1 aliphatic heterocycles. The summed E-state index contributed by atoms with van der Waals surface area (Å²) in [6, 6.07) is 0. The summed E-state index contributed by atoms with van der Waals surface area (Å²) >= 11 is 0. The third kappa shape index (κ3) is 4.57. The number of hydrogen-bond acceptors (Lipinski definition) is 3. The van der Waals surface area contributed by atoms with Gasteiger partial charge in [0, 0.05) is 20.3 Å². The summed E-state index contributed by atoms with van der Waals surface area (Å²) in [4.78, 5) is 2.60. The smallest absolute Gasteiger partial charge is 0.0468 e. The Bertz CT molecular complexity index is 210. The van der Waals surface area contributed by atoms with Crippen LogP contribution in [0.3, 0.4) is 0 Å². The summed E-state index contributed by atoms with van der Waals surface area (Å²) in [6.07, 6.45) is 8.16. The summed E-state index contributed by atoms with van der Waals surface area (Å²) in [5.74, 6) is 0. The topological polar surface area (TPSA) is 24.5 Å². The van der Waals surface area contributed by atoms with Crippen LogP contribution in [0.1, 0.15) is 38.5 Å².